The maximum atomic E-state index is 13.0. The molecule has 1 aliphatic heterocycles. The van der Waals surface area contributed by atoms with Gasteiger partial charge in [0.1, 0.15) is 5.75 Å². The number of carbonyl (C=O) groups excluding carboxylic acids is 1. The first kappa shape index (κ1) is 22.1. The maximum absolute atomic E-state index is 13.0. The minimum Gasteiger partial charge on any atom is -0.497 e. The van der Waals surface area contributed by atoms with Crippen LogP contribution in [0.3, 0.4) is 0 Å². The van der Waals surface area contributed by atoms with E-state index in [1.807, 2.05) is 18.2 Å². The van der Waals surface area contributed by atoms with Crippen molar-refractivity contribution < 1.29 is 22.7 Å². The van der Waals surface area contributed by atoms with Gasteiger partial charge in [-0.3, -0.25) is 9.69 Å². The summed E-state index contributed by atoms with van der Waals surface area (Å²) < 4.78 is 39.7. The van der Waals surface area contributed by atoms with Gasteiger partial charge in [-0.15, -0.1) is 4.40 Å². The second-order valence-electron chi connectivity index (χ2n) is 6.35. The van der Waals surface area contributed by atoms with Crippen LogP contribution in [0.15, 0.2) is 68.8 Å². The number of nitrogens with zero attached hydrogens (tertiary/aromatic N) is 2. The molecular weight excluding hydrogens is 424 g/mol. The molecule has 1 amide bonds. The monoisotopic (exact) mass is 446 g/mol. The minimum atomic E-state index is -3.94. The number of carbonyl (C=O) groups is 1. The molecule has 1 aliphatic rings. The van der Waals surface area contributed by atoms with Crippen LogP contribution < -0.4 is 4.74 Å². The van der Waals surface area contributed by atoms with E-state index < -0.39 is 10.0 Å². The van der Waals surface area contributed by atoms with E-state index in [0.29, 0.717) is 30.2 Å². The van der Waals surface area contributed by atoms with Crippen molar-refractivity contribution in [1.29, 1.82) is 0 Å². The summed E-state index contributed by atoms with van der Waals surface area (Å²) in [6.45, 7) is 0.750. The first-order valence-corrected chi connectivity index (χ1v) is 11.4. The zero-order valence-electron chi connectivity index (χ0n) is 16.6. The molecule has 0 spiro atoms. The first-order valence-electron chi connectivity index (χ1n) is 9.19. The van der Waals surface area contributed by atoms with Gasteiger partial charge in [0.15, 0.2) is 5.17 Å². The lowest BCUT2D eigenvalue weighted by molar-refractivity contribution is -0.122. The van der Waals surface area contributed by atoms with Crippen LogP contribution in [0.1, 0.15) is 12.0 Å². The van der Waals surface area contributed by atoms with Crippen LogP contribution in [0.5, 0.6) is 5.75 Å². The van der Waals surface area contributed by atoms with E-state index in [2.05, 4.69) is 4.40 Å². The molecule has 9 heteroatoms. The van der Waals surface area contributed by atoms with E-state index >= 15 is 0 Å². The highest BCUT2D eigenvalue weighted by Gasteiger charge is 2.34. The van der Waals surface area contributed by atoms with Gasteiger partial charge >= 0.3 is 0 Å². The van der Waals surface area contributed by atoms with Crippen molar-refractivity contribution in [2.24, 2.45) is 4.40 Å². The smallest absolute Gasteiger partial charge is 0.284 e. The summed E-state index contributed by atoms with van der Waals surface area (Å²) in [5.41, 5.74) is 0.772. The number of ether oxygens (including phenoxy) is 2. The lowest BCUT2D eigenvalue weighted by Crippen LogP contribution is -2.31. The van der Waals surface area contributed by atoms with Crippen LogP contribution in [-0.4, -0.2) is 51.8 Å². The standard InChI is InChI=1S/C21H22N2O5S2/c1-27-13-7-12-23-20(24)19(15-16-8-6-9-17(14-16)28-2)29-21(23)22-30(25,26)18-10-4-3-5-11-18/h3-6,8-11,14-15H,7,12-13H2,1-2H3/b19-15+,22-21-. The Morgan fingerprint density at radius 3 is 2.57 bits per heavy atom. The third kappa shape index (κ3) is 5.29. The Kier molecular flexibility index (Phi) is 7.30. The SMILES string of the molecule is COCCCN1C(=O)/C(=C\c2cccc(OC)c2)S/C1=N\S(=O)(=O)c1ccccc1. The second kappa shape index (κ2) is 9.92. The number of benzene rings is 2. The molecule has 0 atom stereocenters. The Labute approximate surface area is 180 Å². The van der Waals surface area contributed by atoms with Crippen molar-refractivity contribution in [3.8, 4) is 5.75 Å². The molecule has 2 aromatic carbocycles. The summed E-state index contributed by atoms with van der Waals surface area (Å²) in [5, 5.41) is 0.133. The van der Waals surface area contributed by atoms with Crippen LogP contribution >= 0.6 is 11.8 Å². The van der Waals surface area contributed by atoms with Crippen molar-refractivity contribution in [2.45, 2.75) is 11.3 Å². The van der Waals surface area contributed by atoms with Crippen LogP contribution in [-0.2, 0) is 19.6 Å². The average molecular weight is 447 g/mol. The predicted molar refractivity (Wildman–Crippen MR) is 118 cm³/mol. The lowest BCUT2D eigenvalue weighted by atomic mass is 10.2. The molecule has 1 fully saturated rings. The van der Waals surface area contributed by atoms with Crippen molar-refractivity contribution in [3.63, 3.8) is 0 Å². The zero-order valence-corrected chi connectivity index (χ0v) is 18.3. The van der Waals surface area contributed by atoms with Gasteiger partial charge in [0.25, 0.3) is 15.9 Å². The third-order valence-corrected chi connectivity index (χ3v) is 6.65. The molecule has 0 N–H and O–H groups in total. The zero-order chi connectivity index (χ0) is 21.6. The highest BCUT2D eigenvalue weighted by molar-refractivity contribution is 8.19. The average Bonchev–Trinajstić information content (AvgIpc) is 3.03. The van der Waals surface area contributed by atoms with E-state index in [1.54, 1.807) is 44.6 Å². The summed E-state index contributed by atoms with van der Waals surface area (Å²) in [5.74, 6) is 0.373. The molecule has 3 rings (SSSR count). The van der Waals surface area contributed by atoms with Crippen molar-refractivity contribution >= 4 is 38.9 Å². The van der Waals surface area contributed by atoms with Crippen LogP contribution in [0.2, 0.25) is 0 Å². The fourth-order valence-electron chi connectivity index (χ4n) is 2.77. The summed E-state index contributed by atoms with van der Waals surface area (Å²) >= 11 is 1.04. The number of amidine groups is 1. The van der Waals surface area contributed by atoms with Gasteiger partial charge in [-0.1, -0.05) is 30.3 Å². The molecule has 0 aromatic heterocycles. The van der Waals surface area contributed by atoms with Crippen LogP contribution in [0, 0.1) is 0 Å². The number of amides is 1. The molecule has 0 saturated carbocycles. The highest BCUT2D eigenvalue weighted by atomic mass is 32.2. The number of thioether (sulfide) groups is 1. The van der Waals surface area contributed by atoms with Crippen molar-refractivity contribution in [2.75, 3.05) is 27.4 Å². The second-order valence-corrected chi connectivity index (χ2v) is 8.97. The number of methoxy groups -OCH3 is 2. The van der Waals surface area contributed by atoms with Crippen molar-refractivity contribution in [1.82, 2.24) is 4.90 Å². The van der Waals surface area contributed by atoms with E-state index in [9.17, 15) is 13.2 Å². The first-order chi connectivity index (χ1) is 14.4. The van der Waals surface area contributed by atoms with Gasteiger partial charge in [0, 0.05) is 20.3 Å². The van der Waals surface area contributed by atoms with E-state index in [-0.39, 0.29) is 16.0 Å². The molecule has 0 bridgehead atoms. The Morgan fingerprint density at radius 1 is 1.10 bits per heavy atom. The number of hydrogen-bond acceptors (Lipinski definition) is 6. The van der Waals surface area contributed by atoms with Crippen molar-refractivity contribution in [3.05, 3.63) is 65.1 Å². The largest absolute Gasteiger partial charge is 0.497 e. The van der Waals surface area contributed by atoms with Gasteiger partial charge < -0.3 is 9.47 Å². The lowest BCUT2D eigenvalue weighted by Gasteiger charge is -2.15. The topological polar surface area (TPSA) is 85.3 Å². The number of rotatable bonds is 8. The van der Waals surface area contributed by atoms with E-state index in [1.165, 1.54) is 17.0 Å². The molecular formula is C21H22N2O5S2. The van der Waals surface area contributed by atoms with Gasteiger partial charge in [-0.05, 0) is 54.1 Å². The van der Waals surface area contributed by atoms with Gasteiger partial charge in [-0.25, -0.2) is 0 Å². The quantitative estimate of drug-likeness (QED) is 0.456. The van der Waals surface area contributed by atoms with Gasteiger partial charge in [0.2, 0.25) is 0 Å². The third-order valence-electron chi connectivity index (χ3n) is 4.25. The summed E-state index contributed by atoms with van der Waals surface area (Å²) in [6, 6.07) is 15.2. The molecule has 158 valence electrons. The van der Waals surface area contributed by atoms with E-state index in [0.717, 1.165) is 17.3 Å². The van der Waals surface area contributed by atoms with E-state index in [4.69, 9.17) is 9.47 Å². The molecule has 0 radical (unpaired) electrons. The maximum Gasteiger partial charge on any atom is 0.284 e. The molecule has 7 nitrogen and oxygen atoms in total. The fourth-order valence-corrected chi connectivity index (χ4v) is 5.00. The fraction of sp³-hybridized carbons (Fsp3) is 0.238. The predicted octanol–water partition coefficient (Wildman–Crippen LogP) is 3.39. The molecule has 30 heavy (non-hydrogen) atoms. The summed E-state index contributed by atoms with van der Waals surface area (Å²) in [7, 11) is -0.802. The number of hydrogen-bond donors (Lipinski definition) is 0. The Morgan fingerprint density at radius 2 is 1.87 bits per heavy atom. The molecule has 0 unspecified atom stereocenters. The van der Waals surface area contributed by atoms with Crippen LogP contribution in [0.4, 0.5) is 0 Å². The molecule has 1 heterocycles. The number of sulfonamides is 1. The minimum absolute atomic E-state index is 0.0765. The van der Waals surface area contributed by atoms with Gasteiger partial charge in [0.05, 0.1) is 16.9 Å². The summed E-state index contributed by atoms with van der Waals surface area (Å²) in [4.78, 5) is 14.8. The Bertz CT molecular complexity index is 1070. The van der Waals surface area contributed by atoms with Crippen LogP contribution in [0.25, 0.3) is 6.08 Å². The Balaban J connectivity index is 1.96. The molecule has 2 aromatic rings. The van der Waals surface area contributed by atoms with Gasteiger partial charge in [-0.2, -0.15) is 8.42 Å². The highest BCUT2D eigenvalue weighted by Crippen LogP contribution is 2.34. The molecule has 0 aliphatic carbocycles. The normalized spacial score (nSPS) is 17.1. The Hall–Kier alpha value is -2.62. The molecule has 1 saturated heterocycles. The summed E-state index contributed by atoms with van der Waals surface area (Å²) in [6.07, 6.45) is 2.26.